The zero-order valence-electron chi connectivity index (χ0n) is 9.39. The lowest BCUT2D eigenvalue weighted by Gasteiger charge is -2.06. The van der Waals surface area contributed by atoms with Gasteiger partial charge in [-0.15, -0.1) is 0 Å². The van der Waals surface area contributed by atoms with E-state index in [2.05, 4.69) is 4.98 Å². The Morgan fingerprint density at radius 3 is 2.81 bits per heavy atom. The summed E-state index contributed by atoms with van der Waals surface area (Å²) in [5.74, 6) is 0.502. The molecule has 1 aromatic heterocycles. The molecule has 0 amide bonds. The zero-order chi connectivity index (χ0) is 11.6. The molecule has 0 aromatic carbocycles. The summed E-state index contributed by atoms with van der Waals surface area (Å²) in [5.41, 5.74) is 0.783. The second kappa shape index (κ2) is 8.04. The maximum atomic E-state index is 8.91. The normalized spacial score (nSPS) is 10.4. The number of aromatic nitrogens is 1. The van der Waals surface area contributed by atoms with Crippen LogP contribution in [0.1, 0.15) is 5.56 Å². The third-order valence-electron chi connectivity index (χ3n) is 1.89. The number of rotatable bonds is 8. The molecule has 90 valence electrons. The van der Waals surface area contributed by atoms with Crippen molar-refractivity contribution < 1.29 is 19.3 Å². The fraction of sp³-hybridized carbons (Fsp3) is 0.545. The van der Waals surface area contributed by atoms with Crippen LogP contribution in [0.3, 0.4) is 0 Å². The number of aliphatic hydroxyl groups excluding tert-OH is 1. The van der Waals surface area contributed by atoms with Crippen LogP contribution in [0.5, 0.6) is 5.88 Å². The van der Waals surface area contributed by atoms with E-state index in [0.29, 0.717) is 32.3 Å². The minimum Gasteiger partial charge on any atom is -0.475 e. The SMILES string of the molecule is COCCOCCOc1cc(CO)ccn1. The van der Waals surface area contributed by atoms with E-state index < -0.39 is 0 Å². The lowest BCUT2D eigenvalue weighted by molar-refractivity contribution is 0.0536. The maximum Gasteiger partial charge on any atom is 0.213 e. The van der Waals surface area contributed by atoms with Crippen LogP contribution in [0.25, 0.3) is 0 Å². The van der Waals surface area contributed by atoms with Gasteiger partial charge in [0, 0.05) is 19.4 Å². The van der Waals surface area contributed by atoms with E-state index in [1.807, 2.05) is 0 Å². The molecule has 1 aromatic rings. The Bertz CT molecular complexity index is 293. The van der Waals surface area contributed by atoms with E-state index >= 15 is 0 Å². The topological polar surface area (TPSA) is 60.8 Å². The Kier molecular flexibility index (Phi) is 6.48. The van der Waals surface area contributed by atoms with Crippen LogP contribution in [-0.2, 0) is 16.1 Å². The second-order valence-corrected chi connectivity index (χ2v) is 3.11. The first-order valence-corrected chi connectivity index (χ1v) is 5.12. The third kappa shape index (κ3) is 5.06. The minimum atomic E-state index is -0.0107. The number of nitrogens with zero attached hydrogens (tertiary/aromatic N) is 1. The average Bonchev–Trinajstić information content (AvgIpc) is 2.34. The molecule has 1 N–H and O–H groups in total. The summed E-state index contributed by atoms with van der Waals surface area (Å²) >= 11 is 0. The quantitative estimate of drug-likeness (QED) is 0.659. The van der Waals surface area contributed by atoms with Gasteiger partial charge < -0.3 is 19.3 Å². The van der Waals surface area contributed by atoms with Crippen LogP contribution in [0.15, 0.2) is 18.3 Å². The molecule has 0 aliphatic heterocycles. The number of methoxy groups -OCH3 is 1. The van der Waals surface area contributed by atoms with Gasteiger partial charge in [-0.3, -0.25) is 0 Å². The molecule has 0 bridgehead atoms. The van der Waals surface area contributed by atoms with E-state index in [9.17, 15) is 0 Å². The van der Waals surface area contributed by atoms with Crippen molar-refractivity contribution in [1.82, 2.24) is 4.98 Å². The minimum absolute atomic E-state index is 0.0107. The van der Waals surface area contributed by atoms with Crippen molar-refractivity contribution in [2.24, 2.45) is 0 Å². The lowest BCUT2D eigenvalue weighted by Crippen LogP contribution is -2.10. The van der Waals surface area contributed by atoms with Gasteiger partial charge in [-0.2, -0.15) is 0 Å². The van der Waals surface area contributed by atoms with Gasteiger partial charge in [0.2, 0.25) is 5.88 Å². The molecule has 1 rings (SSSR count). The van der Waals surface area contributed by atoms with E-state index in [0.717, 1.165) is 5.56 Å². The molecule has 0 radical (unpaired) electrons. The molecule has 5 heteroatoms. The van der Waals surface area contributed by atoms with E-state index in [-0.39, 0.29) is 6.61 Å². The highest BCUT2D eigenvalue weighted by Gasteiger charge is 1.97. The molecular formula is C11H17NO4. The summed E-state index contributed by atoms with van der Waals surface area (Å²) in [5, 5.41) is 8.91. The summed E-state index contributed by atoms with van der Waals surface area (Å²) in [6.45, 7) is 2.06. The molecule has 16 heavy (non-hydrogen) atoms. The lowest BCUT2D eigenvalue weighted by atomic mass is 10.3. The van der Waals surface area contributed by atoms with E-state index in [1.54, 1.807) is 25.4 Å². The second-order valence-electron chi connectivity index (χ2n) is 3.11. The van der Waals surface area contributed by atoms with Crippen LogP contribution >= 0.6 is 0 Å². The molecular weight excluding hydrogens is 210 g/mol. The fourth-order valence-corrected chi connectivity index (χ4v) is 1.08. The molecule has 0 aliphatic carbocycles. The van der Waals surface area contributed by atoms with E-state index in [1.165, 1.54) is 0 Å². The summed E-state index contributed by atoms with van der Waals surface area (Å²) < 4.78 is 15.4. The number of pyridine rings is 1. The van der Waals surface area contributed by atoms with Crippen LogP contribution in [0.4, 0.5) is 0 Å². The third-order valence-corrected chi connectivity index (χ3v) is 1.89. The molecule has 0 aliphatic rings. The molecule has 5 nitrogen and oxygen atoms in total. The van der Waals surface area contributed by atoms with Crippen LogP contribution < -0.4 is 4.74 Å². The predicted molar refractivity (Wildman–Crippen MR) is 58.3 cm³/mol. The first-order valence-electron chi connectivity index (χ1n) is 5.12. The highest BCUT2D eigenvalue weighted by Crippen LogP contribution is 2.08. The van der Waals surface area contributed by atoms with Crippen LogP contribution in [-0.4, -0.2) is 43.6 Å². The van der Waals surface area contributed by atoms with Crippen molar-refractivity contribution in [2.45, 2.75) is 6.61 Å². The Morgan fingerprint density at radius 2 is 2.06 bits per heavy atom. The van der Waals surface area contributed by atoms with Gasteiger partial charge in [0.1, 0.15) is 6.61 Å². The van der Waals surface area contributed by atoms with E-state index in [4.69, 9.17) is 19.3 Å². The smallest absolute Gasteiger partial charge is 0.213 e. The summed E-state index contributed by atoms with van der Waals surface area (Å²) in [6, 6.07) is 3.44. The first-order chi connectivity index (χ1) is 7.86. The molecule has 0 atom stereocenters. The monoisotopic (exact) mass is 227 g/mol. The van der Waals surface area contributed by atoms with Gasteiger partial charge in [0.15, 0.2) is 0 Å². The zero-order valence-corrected chi connectivity index (χ0v) is 9.39. The maximum absolute atomic E-state index is 8.91. The summed E-state index contributed by atoms with van der Waals surface area (Å²) in [7, 11) is 1.63. The predicted octanol–water partition coefficient (Wildman–Crippen LogP) is 0.616. The number of hydrogen-bond donors (Lipinski definition) is 1. The van der Waals surface area contributed by atoms with Crippen LogP contribution in [0.2, 0.25) is 0 Å². The molecule has 0 saturated carbocycles. The van der Waals surface area contributed by atoms with Crippen molar-refractivity contribution in [1.29, 1.82) is 0 Å². The van der Waals surface area contributed by atoms with Crippen molar-refractivity contribution in [3.63, 3.8) is 0 Å². The molecule has 0 fully saturated rings. The van der Waals surface area contributed by atoms with Gasteiger partial charge in [-0.05, 0) is 11.6 Å². The fourth-order valence-electron chi connectivity index (χ4n) is 1.08. The Labute approximate surface area is 95.0 Å². The van der Waals surface area contributed by atoms with Gasteiger partial charge >= 0.3 is 0 Å². The van der Waals surface area contributed by atoms with Gasteiger partial charge in [0.25, 0.3) is 0 Å². The van der Waals surface area contributed by atoms with Gasteiger partial charge in [-0.1, -0.05) is 0 Å². The van der Waals surface area contributed by atoms with Crippen molar-refractivity contribution in [3.8, 4) is 5.88 Å². The first kappa shape index (κ1) is 12.9. The van der Waals surface area contributed by atoms with Crippen LogP contribution in [0, 0.1) is 0 Å². The van der Waals surface area contributed by atoms with Crippen molar-refractivity contribution in [2.75, 3.05) is 33.5 Å². The summed E-state index contributed by atoms with van der Waals surface area (Å²) in [6.07, 6.45) is 1.60. The largest absolute Gasteiger partial charge is 0.475 e. The Hall–Kier alpha value is -1.17. The molecule has 1 heterocycles. The number of hydrogen-bond acceptors (Lipinski definition) is 5. The number of ether oxygens (including phenoxy) is 3. The van der Waals surface area contributed by atoms with Crippen molar-refractivity contribution >= 4 is 0 Å². The summed E-state index contributed by atoms with van der Waals surface area (Å²) in [4.78, 5) is 4.01. The molecule has 0 unspecified atom stereocenters. The highest BCUT2D eigenvalue weighted by molar-refractivity contribution is 5.19. The average molecular weight is 227 g/mol. The molecule has 0 saturated heterocycles. The molecule has 0 spiro atoms. The van der Waals surface area contributed by atoms with Crippen molar-refractivity contribution in [3.05, 3.63) is 23.9 Å². The number of aliphatic hydroxyl groups is 1. The standard InChI is InChI=1S/C11H17NO4/c1-14-4-5-15-6-7-16-11-8-10(9-13)2-3-12-11/h2-3,8,13H,4-7,9H2,1H3. The Balaban J connectivity index is 2.16. The Morgan fingerprint density at radius 1 is 1.25 bits per heavy atom. The van der Waals surface area contributed by atoms with Gasteiger partial charge in [0.05, 0.1) is 26.4 Å². The van der Waals surface area contributed by atoms with Gasteiger partial charge in [-0.25, -0.2) is 4.98 Å². The highest BCUT2D eigenvalue weighted by atomic mass is 16.5.